The second kappa shape index (κ2) is 24.8. The maximum atomic E-state index is 0. The molecule has 0 heterocycles. The summed E-state index contributed by atoms with van der Waals surface area (Å²) >= 11 is 0. The molecule has 0 unspecified atom stereocenters. The predicted molar refractivity (Wildman–Crippen MR) is 0.686 cm³/mol. The molecule has 2 radical (unpaired) electrons. The molecule has 0 aliphatic heterocycles. The first-order valence-electron chi connectivity index (χ1n) is 0. The summed E-state index contributed by atoms with van der Waals surface area (Å²) < 4.78 is 0. The van der Waals surface area contributed by atoms with Crippen molar-refractivity contribution in [2.75, 3.05) is 0 Å². The number of hydrogen-bond donors (Lipinski definition) is 0. The van der Waals surface area contributed by atoms with E-state index in [1.54, 1.807) is 0 Å². The van der Waals surface area contributed by atoms with Crippen LogP contribution in [0, 0.1) is 0 Å². The summed E-state index contributed by atoms with van der Waals surface area (Å²) in [5.41, 5.74) is 0. The first-order valence-corrected chi connectivity index (χ1v) is 0. The molecule has 0 amide bonds. The van der Waals surface area contributed by atoms with Crippen LogP contribution in [0.4, 0.5) is 0 Å². The summed E-state index contributed by atoms with van der Waals surface area (Å²) in [7, 11) is 0. The van der Waals surface area contributed by atoms with Gasteiger partial charge in [-0.2, -0.15) is 0 Å². The van der Waals surface area contributed by atoms with Crippen LogP contribution in [0.3, 0.4) is 0 Å². The molecule has 4 heteroatoms. The van der Waals surface area contributed by atoms with E-state index in [1.807, 2.05) is 0 Å². The van der Waals surface area contributed by atoms with Crippen molar-refractivity contribution in [3.8, 4) is 0 Å². The van der Waals surface area contributed by atoms with Gasteiger partial charge in [-0.3, -0.25) is 0 Å². The maximum Gasteiger partial charge on any atom is 2.00 e. The summed E-state index contributed by atoms with van der Waals surface area (Å²) in [6.45, 7) is 0. The van der Waals surface area contributed by atoms with E-state index in [1.165, 1.54) is 0 Å². The monoisotopic (exact) mass is 188 g/mol. The topological polar surface area (TPSA) is 28.5 Å². The standard InChI is InChI=1S/Co.Mn.Ni.O/q;+2;;-2. The molecule has 0 N–H and O–H groups in total. The molecule has 0 aromatic rings. The molecule has 0 rings (SSSR count). The predicted octanol–water partition coefficient (Wildman–Crippen LogP) is -0.126. The molecular weight excluding hydrogens is 189 g/mol. The molecule has 1 nitrogen and oxygen atoms in total. The van der Waals surface area contributed by atoms with Crippen LogP contribution in [-0.2, 0) is 55.8 Å². The Labute approximate surface area is 55.8 Å². The fourth-order valence-corrected chi connectivity index (χ4v) is 0. The summed E-state index contributed by atoms with van der Waals surface area (Å²) in [5, 5.41) is 0. The molecule has 0 saturated carbocycles. The van der Waals surface area contributed by atoms with E-state index in [2.05, 4.69) is 0 Å². The zero-order chi connectivity index (χ0) is 0. The normalized spacial score (nSPS) is 0. The Balaban J connectivity index is 0. The van der Waals surface area contributed by atoms with Crippen molar-refractivity contribution in [3.05, 3.63) is 0 Å². The molecule has 0 saturated heterocycles. The van der Waals surface area contributed by atoms with Gasteiger partial charge in [0, 0.05) is 33.3 Å². The van der Waals surface area contributed by atoms with Crippen molar-refractivity contribution >= 4 is 0 Å². The molecule has 32 valence electrons. The Morgan fingerprint density at radius 1 is 1.00 bits per heavy atom. The second-order valence-corrected chi connectivity index (χ2v) is 0. The summed E-state index contributed by atoms with van der Waals surface area (Å²) in [6, 6.07) is 0. The third-order valence-electron chi connectivity index (χ3n) is 0. The Kier molecular flexibility index (Phi) is 311. The molecule has 0 aromatic carbocycles. The maximum absolute atomic E-state index is 0. The van der Waals surface area contributed by atoms with Crippen LogP contribution < -0.4 is 0 Å². The Bertz CT molecular complexity index is 8.00. The first kappa shape index (κ1) is 50.2. The van der Waals surface area contributed by atoms with E-state index in [0.717, 1.165) is 0 Å². The van der Waals surface area contributed by atoms with E-state index in [0.29, 0.717) is 0 Å². The number of rotatable bonds is 0. The van der Waals surface area contributed by atoms with Crippen LogP contribution >= 0.6 is 0 Å². The van der Waals surface area contributed by atoms with Crippen molar-refractivity contribution in [1.29, 1.82) is 0 Å². The minimum Gasteiger partial charge on any atom is -2.00 e. The fourth-order valence-electron chi connectivity index (χ4n) is 0. The van der Waals surface area contributed by atoms with E-state index in [-0.39, 0.29) is 55.8 Å². The molecule has 0 atom stereocenters. The molecule has 0 aliphatic carbocycles. The minimum absolute atomic E-state index is 0. The summed E-state index contributed by atoms with van der Waals surface area (Å²) in [4.78, 5) is 0. The fraction of sp³-hybridized carbons (Fsp3) is 0. The van der Waals surface area contributed by atoms with Gasteiger partial charge < -0.3 is 5.48 Å². The molecule has 0 spiro atoms. The van der Waals surface area contributed by atoms with Crippen LogP contribution in [0.1, 0.15) is 0 Å². The van der Waals surface area contributed by atoms with Gasteiger partial charge in [0.25, 0.3) is 0 Å². The van der Waals surface area contributed by atoms with Crippen LogP contribution in [0.5, 0.6) is 0 Å². The van der Waals surface area contributed by atoms with Gasteiger partial charge in [-0.15, -0.1) is 0 Å². The van der Waals surface area contributed by atoms with Crippen LogP contribution in [0.15, 0.2) is 0 Å². The molecule has 0 aliphatic rings. The van der Waals surface area contributed by atoms with Crippen LogP contribution in [-0.4, -0.2) is 0 Å². The zero-order valence-corrected chi connectivity index (χ0v) is 4.64. The van der Waals surface area contributed by atoms with Crippen LogP contribution in [0.25, 0.3) is 0 Å². The number of hydrogen-bond acceptors (Lipinski definition) is 0. The smallest absolute Gasteiger partial charge is 2.00 e. The van der Waals surface area contributed by atoms with Gasteiger partial charge >= 0.3 is 17.1 Å². The molecule has 4 heavy (non-hydrogen) atoms. The SMILES string of the molecule is [Co].[Mn+2].[Ni].[O-2]. The van der Waals surface area contributed by atoms with Crippen molar-refractivity contribution in [1.82, 2.24) is 0 Å². The van der Waals surface area contributed by atoms with E-state index < -0.39 is 0 Å². The zero-order valence-electron chi connectivity index (χ0n) is 1.44. The second-order valence-electron chi connectivity index (χ2n) is 0. The molecular formula is CoMnNiO. The third-order valence-corrected chi connectivity index (χ3v) is 0. The minimum atomic E-state index is 0. The Hall–Kier alpha value is 1.48. The summed E-state index contributed by atoms with van der Waals surface area (Å²) in [6.07, 6.45) is 0. The van der Waals surface area contributed by atoms with Crippen molar-refractivity contribution < 1.29 is 55.8 Å². The van der Waals surface area contributed by atoms with Gasteiger partial charge in [0.2, 0.25) is 0 Å². The van der Waals surface area contributed by atoms with Gasteiger partial charge in [0.15, 0.2) is 0 Å². The van der Waals surface area contributed by atoms with Gasteiger partial charge in [0.1, 0.15) is 0 Å². The largest absolute Gasteiger partial charge is 2.00 e. The van der Waals surface area contributed by atoms with E-state index >= 15 is 0 Å². The van der Waals surface area contributed by atoms with Crippen molar-refractivity contribution in [3.63, 3.8) is 0 Å². The Morgan fingerprint density at radius 3 is 1.00 bits per heavy atom. The van der Waals surface area contributed by atoms with E-state index in [4.69, 9.17) is 0 Å². The first-order chi connectivity index (χ1) is 0. The molecule has 0 bridgehead atoms. The molecule has 0 aromatic heterocycles. The summed E-state index contributed by atoms with van der Waals surface area (Å²) in [5.74, 6) is 0. The third kappa shape index (κ3) is 9.77. The van der Waals surface area contributed by atoms with Crippen molar-refractivity contribution in [2.45, 2.75) is 0 Å². The van der Waals surface area contributed by atoms with Crippen LogP contribution in [0.2, 0.25) is 0 Å². The van der Waals surface area contributed by atoms with Gasteiger partial charge in [-0.1, -0.05) is 0 Å². The van der Waals surface area contributed by atoms with Gasteiger partial charge in [-0.25, -0.2) is 0 Å². The quantitative estimate of drug-likeness (QED) is 0.474. The van der Waals surface area contributed by atoms with Gasteiger partial charge in [-0.05, 0) is 0 Å². The van der Waals surface area contributed by atoms with Gasteiger partial charge in [0.05, 0.1) is 0 Å². The van der Waals surface area contributed by atoms with Crippen molar-refractivity contribution in [2.24, 2.45) is 0 Å². The average molecular weight is 189 g/mol. The molecule has 0 fully saturated rings. The van der Waals surface area contributed by atoms with E-state index in [9.17, 15) is 0 Å². The Morgan fingerprint density at radius 2 is 1.00 bits per heavy atom. The average Bonchev–Trinajstić information content (AvgIpc) is 0.